The van der Waals surface area contributed by atoms with E-state index in [0.29, 0.717) is 26.5 Å². The molecule has 11 heteroatoms. The Hall–Kier alpha value is -2.82. The topological polar surface area (TPSA) is 102 Å². The number of methoxy groups -OCH3 is 1. The zero-order valence-corrected chi connectivity index (χ0v) is 19.8. The van der Waals surface area contributed by atoms with Gasteiger partial charge in [0.2, 0.25) is 0 Å². The quantitative estimate of drug-likeness (QED) is 0.413. The first-order chi connectivity index (χ1) is 15.3. The minimum absolute atomic E-state index is 0.182. The van der Waals surface area contributed by atoms with Crippen molar-refractivity contribution in [2.75, 3.05) is 25.6 Å². The van der Waals surface area contributed by atoms with Crippen molar-refractivity contribution in [3.63, 3.8) is 0 Å². The lowest BCUT2D eigenvalue weighted by molar-refractivity contribution is -0.143. The van der Waals surface area contributed by atoms with E-state index in [1.165, 1.54) is 13.2 Å². The van der Waals surface area contributed by atoms with Gasteiger partial charge < -0.3 is 14.8 Å². The van der Waals surface area contributed by atoms with Gasteiger partial charge in [-0.2, -0.15) is 0 Å². The van der Waals surface area contributed by atoms with Crippen molar-refractivity contribution in [1.29, 1.82) is 0 Å². The number of ether oxygens (including phenoxy) is 2. The molecule has 0 unspecified atom stereocenters. The van der Waals surface area contributed by atoms with Crippen LogP contribution in [0.25, 0.3) is 6.08 Å². The van der Waals surface area contributed by atoms with Crippen molar-refractivity contribution >= 4 is 74.1 Å². The number of carbonyl (C=O) groups excluding carboxylic acids is 4. The number of benzene rings is 2. The van der Waals surface area contributed by atoms with Gasteiger partial charge in [0.05, 0.1) is 16.5 Å². The van der Waals surface area contributed by atoms with E-state index in [1.54, 1.807) is 42.5 Å². The summed E-state index contributed by atoms with van der Waals surface area (Å²) in [6, 6.07) is 11.7. The van der Waals surface area contributed by atoms with Gasteiger partial charge in [-0.3, -0.25) is 24.1 Å². The van der Waals surface area contributed by atoms with E-state index in [-0.39, 0.29) is 17.4 Å². The molecule has 1 N–H and O–H groups in total. The minimum Gasteiger partial charge on any atom is -0.483 e. The van der Waals surface area contributed by atoms with E-state index < -0.39 is 23.7 Å². The van der Waals surface area contributed by atoms with E-state index in [4.69, 9.17) is 16.3 Å². The number of anilines is 1. The molecule has 0 radical (unpaired) electrons. The van der Waals surface area contributed by atoms with Gasteiger partial charge in [-0.25, -0.2) is 0 Å². The zero-order valence-electron chi connectivity index (χ0n) is 16.6. The van der Waals surface area contributed by atoms with Crippen LogP contribution in [-0.4, -0.2) is 48.2 Å². The maximum Gasteiger partial charge on any atom is 0.325 e. The standard InChI is InChI=1S/C21H16BrClN2O6S/c1-30-19(27)10-25-20(28)17(32-21(25)29)9-12-2-7-16(15(22)8-12)31-11-18(26)24-14-5-3-13(23)4-6-14/h2-9H,10-11H2,1H3,(H,24,26)/b17-9-. The van der Waals surface area contributed by atoms with Crippen LogP contribution in [0.1, 0.15) is 5.56 Å². The van der Waals surface area contributed by atoms with Crippen LogP contribution in [0.4, 0.5) is 10.5 Å². The second kappa shape index (κ2) is 10.7. The Morgan fingerprint density at radius 2 is 1.91 bits per heavy atom. The third-order valence-electron chi connectivity index (χ3n) is 4.13. The fourth-order valence-corrected chi connectivity index (χ4v) is 4.05. The summed E-state index contributed by atoms with van der Waals surface area (Å²) in [5.41, 5.74) is 1.22. The molecule has 0 aromatic heterocycles. The number of halogens is 2. The summed E-state index contributed by atoms with van der Waals surface area (Å²) in [6.45, 7) is -0.653. The van der Waals surface area contributed by atoms with Gasteiger partial charge in [-0.1, -0.05) is 17.7 Å². The lowest BCUT2D eigenvalue weighted by Crippen LogP contribution is -2.34. The molecular weight excluding hydrogens is 524 g/mol. The fourth-order valence-electron chi connectivity index (χ4n) is 2.58. The van der Waals surface area contributed by atoms with E-state index in [1.807, 2.05) is 0 Å². The molecule has 0 saturated carbocycles. The average molecular weight is 540 g/mol. The van der Waals surface area contributed by atoms with Crippen LogP contribution in [0.3, 0.4) is 0 Å². The fraction of sp³-hybridized carbons (Fsp3) is 0.143. The summed E-state index contributed by atoms with van der Waals surface area (Å²) in [5.74, 6) is -1.17. The van der Waals surface area contributed by atoms with Crippen molar-refractivity contribution in [3.8, 4) is 5.75 Å². The summed E-state index contributed by atoms with van der Waals surface area (Å²) in [7, 11) is 1.18. The summed E-state index contributed by atoms with van der Waals surface area (Å²) in [6.07, 6.45) is 1.53. The normalized spacial score (nSPS) is 14.6. The first-order valence-corrected chi connectivity index (χ1v) is 11.1. The highest BCUT2D eigenvalue weighted by atomic mass is 79.9. The maximum absolute atomic E-state index is 12.4. The molecule has 1 heterocycles. The van der Waals surface area contributed by atoms with E-state index in [2.05, 4.69) is 26.0 Å². The summed E-state index contributed by atoms with van der Waals surface area (Å²) in [4.78, 5) is 48.9. The molecule has 166 valence electrons. The molecule has 2 aromatic rings. The highest BCUT2D eigenvalue weighted by molar-refractivity contribution is 9.10. The lowest BCUT2D eigenvalue weighted by Gasteiger charge is -2.10. The molecule has 3 rings (SSSR count). The molecule has 8 nitrogen and oxygen atoms in total. The minimum atomic E-state index is -0.683. The lowest BCUT2D eigenvalue weighted by atomic mass is 10.2. The molecule has 1 fully saturated rings. The number of nitrogens with zero attached hydrogens (tertiary/aromatic N) is 1. The number of carbonyl (C=O) groups is 4. The molecule has 1 aliphatic rings. The van der Waals surface area contributed by atoms with Crippen LogP contribution in [0.5, 0.6) is 5.75 Å². The van der Waals surface area contributed by atoms with Crippen molar-refractivity contribution in [2.24, 2.45) is 0 Å². The third-order valence-corrected chi connectivity index (χ3v) is 5.91. The number of nitrogens with one attached hydrogen (secondary N) is 1. The van der Waals surface area contributed by atoms with Crippen LogP contribution < -0.4 is 10.1 Å². The van der Waals surface area contributed by atoms with Crippen LogP contribution in [0.2, 0.25) is 5.02 Å². The van der Waals surface area contributed by atoms with Crippen molar-refractivity contribution in [3.05, 3.63) is 62.4 Å². The molecule has 2 aromatic carbocycles. The predicted octanol–water partition coefficient (Wildman–Crippen LogP) is 4.33. The zero-order chi connectivity index (χ0) is 23.3. The Labute approximate surface area is 201 Å². The maximum atomic E-state index is 12.4. The Balaban J connectivity index is 1.62. The van der Waals surface area contributed by atoms with Crippen LogP contribution in [0, 0.1) is 0 Å². The van der Waals surface area contributed by atoms with Gasteiger partial charge in [0.1, 0.15) is 12.3 Å². The van der Waals surface area contributed by atoms with Gasteiger partial charge in [0.15, 0.2) is 6.61 Å². The monoisotopic (exact) mass is 538 g/mol. The second-order valence-corrected chi connectivity index (χ2v) is 8.66. The van der Waals surface area contributed by atoms with Crippen LogP contribution >= 0.6 is 39.3 Å². The Kier molecular flexibility index (Phi) is 7.94. The molecule has 0 bridgehead atoms. The third kappa shape index (κ3) is 6.12. The predicted molar refractivity (Wildman–Crippen MR) is 124 cm³/mol. The van der Waals surface area contributed by atoms with Gasteiger partial charge in [-0.05, 0) is 75.7 Å². The molecule has 0 spiro atoms. The second-order valence-electron chi connectivity index (χ2n) is 6.38. The SMILES string of the molecule is COC(=O)CN1C(=O)S/C(=C\c2ccc(OCC(=O)Nc3ccc(Cl)cc3)c(Br)c2)C1=O. The van der Waals surface area contributed by atoms with Gasteiger partial charge >= 0.3 is 5.97 Å². The Bertz CT molecular complexity index is 1110. The number of hydrogen-bond acceptors (Lipinski definition) is 7. The number of esters is 1. The number of hydrogen-bond donors (Lipinski definition) is 1. The number of thioether (sulfide) groups is 1. The molecule has 1 aliphatic heterocycles. The number of imide groups is 1. The molecule has 0 aliphatic carbocycles. The number of rotatable bonds is 7. The molecule has 3 amide bonds. The molecule has 32 heavy (non-hydrogen) atoms. The largest absolute Gasteiger partial charge is 0.483 e. The average Bonchev–Trinajstić information content (AvgIpc) is 3.02. The Morgan fingerprint density at radius 1 is 1.19 bits per heavy atom. The van der Waals surface area contributed by atoms with E-state index in [0.717, 1.165) is 16.7 Å². The first-order valence-electron chi connectivity index (χ1n) is 9.07. The molecular formula is C21H16BrClN2O6S. The van der Waals surface area contributed by atoms with Crippen molar-refractivity contribution in [1.82, 2.24) is 4.90 Å². The molecule has 1 saturated heterocycles. The highest BCUT2D eigenvalue weighted by Gasteiger charge is 2.36. The van der Waals surface area contributed by atoms with Crippen molar-refractivity contribution in [2.45, 2.75) is 0 Å². The van der Waals surface area contributed by atoms with Crippen LogP contribution in [0.15, 0.2) is 51.8 Å². The summed E-state index contributed by atoms with van der Waals surface area (Å²) in [5, 5.41) is 2.71. The van der Waals surface area contributed by atoms with Gasteiger partial charge in [0.25, 0.3) is 17.1 Å². The smallest absolute Gasteiger partial charge is 0.325 e. The molecule has 0 atom stereocenters. The van der Waals surface area contributed by atoms with E-state index in [9.17, 15) is 19.2 Å². The van der Waals surface area contributed by atoms with Gasteiger partial charge in [-0.15, -0.1) is 0 Å². The van der Waals surface area contributed by atoms with Crippen molar-refractivity contribution < 1.29 is 28.7 Å². The van der Waals surface area contributed by atoms with Crippen LogP contribution in [-0.2, 0) is 19.1 Å². The van der Waals surface area contributed by atoms with Gasteiger partial charge in [0, 0.05) is 10.7 Å². The summed E-state index contributed by atoms with van der Waals surface area (Å²) < 4.78 is 10.6. The summed E-state index contributed by atoms with van der Waals surface area (Å²) >= 11 is 9.93. The first kappa shape index (κ1) is 23.8. The number of amides is 3. The Morgan fingerprint density at radius 3 is 2.56 bits per heavy atom. The highest BCUT2D eigenvalue weighted by Crippen LogP contribution is 2.33. The van der Waals surface area contributed by atoms with E-state index >= 15 is 0 Å².